The predicted molar refractivity (Wildman–Crippen MR) is 198 cm³/mol. The summed E-state index contributed by atoms with van der Waals surface area (Å²) in [4.78, 5) is 5.31. The van der Waals surface area contributed by atoms with Gasteiger partial charge in [-0.2, -0.15) is 5.26 Å². The fourth-order valence-electron chi connectivity index (χ4n) is 7.02. The maximum absolute atomic E-state index is 10.2. The Morgan fingerprint density at radius 3 is 1.94 bits per heavy atom. The van der Waals surface area contributed by atoms with Crippen LogP contribution in [0.3, 0.4) is 0 Å². The van der Waals surface area contributed by atoms with Gasteiger partial charge in [0.15, 0.2) is 0 Å². The van der Waals surface area contributed by atoms with Crippen molar-refractivity contribution in [3.05, 3.63) is 144 Å². The first-order valence-corrected chi connectivity index (χ1v) is 16.6. The molecule has 8 rings (SSSR count). The summed E-state index contributed by atoms with van der Waals surface area (Å²) >= 11 is 0. The molecule has 0 saturated carbocycles. The molecule has 0 bridgehead atoms. The van der Waals surface area contributed by atoms with Crippen molar-refractivity contribution in [3.63, 3.8) is 0 Å². The normalized spacial score (nSPS) is 11.7. The van der Waals surface area contributed by atoms with Gasteiger partial charge in [0.05, 0.1) is 33.9 Å². The molecular weight excluding hydrogens is 587 g/mol. The molecule has 4 heteroatoms. The summed E-state index contributed by atoms with van der Waals surface area (Å²) in [6, 6.07) is 46.4. The molecule has 4 nitrogen and oxygen atoms in total. The topological polar surface area (TPSA) is 54.8 Å². The number of nitrogens with zero attached hydrogens (tertiary/aromatic N) is 3. The van der Waals surface area contributed by atoms with Crippen molar-refractivity contribution in [1.82, 2.24) is 9.55 Å². The molecule has 2 heterocycles. The molecule has 0 saturated heterocycles. The number of rotatable bonds is 6. The number of furan rings is 1. The summed E-state index contributed by atoms with van der Waals surface area (Å²) in [5.74, 6) is 1.36. The minimum atomic E-state index is 0.262. The van der Waals surface area contributed by atoms with Crippen LogP contribution in [0.5, 0.6) is 0 Å². The number of nitriles is 1. The number of hydrogen-bond donors (Lipinski definition) is 0. The first-order valence-electron chi connectivity index (χ1n) is 16.6. The molecule has 0 unspecified atom stereocenters. The zero-order valence-electron chi connectivity index (χ0n) is 27.5. The first-order chi connectivity index (χ1) is 23.4. The van der Waals surface area contributed by atoms with Crippen molar-refractivity contribution < 1.29 is 4.42 Å². The number of benzene rings is 6. The van der Waals surface area contributed by atoms with Gasteiger partial charge in [0.1, 0.15) is 17.0 Å². The molecule has 2 aromatic heterocycles. The molecule has 0 atom stereocenters. The summed E-state index contributed by atoms with van der Waals surface area (Å²) in [5.41, 5.74) is 13.0. The van der Waals surface area contributed by atoms with Crippen LogP contribution in [-0.2, 0) is 0 Å². The van der Waals surface area contributed by atoms with E-state index in [1.165, 1.54) is 27.9 Å². The van der Waals surface area contributed by atoms with Crippen molar-refractivity contribution in [1.29, 1.82) is 5.26 Å². The van der Waals surface area contributed by atoms with E-state index < -0.39 is 0 Å². The fourth-order valence-corrected chi connectivity index (χ4v) is 7.02. The molecule has 232 valence electrons. The summed E-state index contributed by atoms with van der Waals surface area (Å²) in [5, 5.41) is 12.0. The van der Waals surface area contributed by atoms with Crippen molar-refractivity contribution in [2.75, 3.05) is 0 Å². The molecule has 48 heavy (non-hydrogen) atoms. The van der Waals surface area contributed by atoms with Gasteiger partial charge < -0.3 is 4.42 Å². The lowest BCUT2D eigenvalue weighted by molar-refractivity contribution is 0.669. The third-order valence-corrected chi connectivity index (χ3v) is 9.39. The minimum Gasteiger partial charge on any atom is -0.455 e. The highest BCUT2D eigenvalue weighted by molar-refractivity contribution is 6.11. The average Bonchev–Trinajstić information content (AvgIpc) is 3.69. The lowest BCUT2D eigenvalue weighted by atomic mass is 9.88. The van der Waals surface area contributed by atoms with Crippen molar-refractivity contribution in [3.8, 4) is 45.4 Å². The SMILES string of the molecule is CC(C)c1cc(-c2ccccc2)cc(C(C)C)c1-n1c(-c2cccc3c2oc2cc(-c4ccccc4)c(C#N)cc23)nc2ccccc21. The highest BCUT2D eigenvalue weighted by Gasteiger charge is 2.25. The molecule has 0 radical (unpaired) electrons. The molecule has 8 aromatic rings. The van der Waals surface area contributed by atoms with E-state index in [2.05, 4.69) is 117 Å². The second-order valence-electron chi connectivity index (χ2n) is 13.1. The van der Waals surface area contributed by atoms with E-state index in [9.17, 15) is 5.26 Å². The maximum Gasteiger partial charge on any atom is 0.149 e. The van der Waals surface area contributed by atoms with Gasteiger partial charge in [-0.05, 0) is 82.1 Å². The van der Waals surface area contributed by atoms with E-state index in [-0.39, 0.29) is 11.8 Å². The number of hydrogen-bond acceptors (Lipinski definition) is 3. The van der Waals surface area contributed by atoms with Gasteiger partial charge in [-0.1, -0.05) is 113 Å². The molecule has 0 N–H and O–H groups in total. The van der Waals surface area contributed by atoms with Gasteiger partial charge in [-0.25, -0.2) is 4.98 Å². The van der Waals surface area contributed by atoms with Gasteiger partial charge in [0.25, 0.3) is 0 Å². The molecule has 0 aliphatic carbocycles. The lowest BCUT2D eigenvalue weighted by Crippen LogP contribution is -2.09. The van der Waals surface area contributed by atoms with Crippen LogP contribution >= 0.6 is 0 Å². The average molecular weight is 622 g/mol. The highest BCUT2D eigenvalue weighted by atomic mass is 16.3. The zero-order valence-corrected chi connectivity index (χ0v) is 27.5. The molecule has 0 aliphatic heterocycles. The highest BCUT2D eigenvalue weighted by Crippen LogP contribution is 2.43. The van der Waals surface area contributed by atoms with E-state index in [0.717, 1.165) is 55.5 Å². The quantitative estimate of drug-likeness (QED) is 0.186. The van der Waals surface area contributed by atoms with Crippen LogP contribution in [0.15, 0.2) is 132 Å². The third kappa shape index (κ3) is 4.79. The van der Waals surface area contributed by atoms with Crippen LogP contribution in [0.2, 0.25) is 0 Å². The van der Waals surface area contributed by atoms with E-state index in [4.69, 9.17) is 9.40 Å². The lowest BCUT2D eigenvalue weighted by Gasteiger charge is -2.24. The summed E-state index contributed by atoms with van der Waals surface area (Å²) < 4.78 is 9.11. The minimum absolute atomic E-state index is 0.262. The molecule has 0 amide bonds. The fraction of sp³-hybridized carbons (Fsp3) is 0.136. The van der Waals surface area contributed by atoms with Gasteiger partial charge in [-0.3, -0.25) is 4.57 Å². The van der Waals surface area contributed by atoms with Crippen molar-refractivity contribution in [2.45, 2.75) is 39.5 Å². The van der Waals surface area contributed by atoms with Gasteiger partial charge in [0.2, 0.25) is 0 Å². The Morgan fingerprint density at radius 1 is 0.625 bits per heavy atom. The molecule has 0 fully saturated rings. The van der Waals surface area contributed by atoms with E-state index in [0.29, 0.717) is 5.56 Å². The van der Waals surface area contributed by atoms with Gasteiger partial charge in [0, 0.05) is 16.3 Å². The molecule has 0 aliphatic rings. The predicted octanol–water partition coefficient (Wildman–Crippen LogP) is 12.0. The third-order valence-electron chi connectivity index (χ3n) is 9.39. The monoisotopic (exact) mass is 621 g/mol. The number of imidazole rings is 1. The zero-order chi connectivity index (χ0) is 32.9. The molecule has 0 spiro atoms. The van der Waals surface area contributed by atoms with Crippen molar-refractivity contribution >= 4 is 33.0 Å². The molecular formula is C44H35N3O. The second-order valence-corrected chi connectivity index (χ2v) is 13.1. The van der Waals surface area contributed by atoms with Crippen LogP contribution in [0, 0.1) is 11.3 Å². The number of para-hydroxylation sites is 3. The largest absolute Gasteiger partial charge is 0.455 e. The van der Waals surface area contributed by atoms with Crippen LogP contribution in [0.25, 0.3) is 72.3 Å². The summed E-state index contributed by atoms with van der Waals surface area (Å²) in [6.07, 6.45) is 0. The summed E-state index contributed by atoms with van der Waals surface area (Å²) in [7, 11) is 0. The smallest absolute Gasteiger partial charge is 0.149 e. The van der Waals surface area contributed by atoms with Crippen LogP contribution in [-0.4, -0.2) is 9.55 Å². The number of fused-ring (bicyclic) bond motifs is 4. The second kappa shape index (κ2) is 11.7. The van der Waals surface area contributed by atoms with Gasteiger partial charge in [-0.15, -0.1) is 0 Å². The Morgan fingerprint density at radius 2 is 1.27 bits per heavy atom. The Balaban J connectivity index is 1.43. The van der Waals surface area contributed by atoms with Crippen LogP contribution in [0.1, 0.15) is 56.2 Å². The Labute approximate surface area is 280 Å². The standard InChI is InChI=1S/C44H35N3O/c1-27(2)35-22-31(29-14-7-5-8-15-29)23-36(28(3)4)42(35)47-40-21-12-11-20-39(40)46-44(47)34-19-13-18-33-38-24-32(26-45)37(25-41(38)48-43(33)34)30-16-9-6-10-17-30/h5-25,27-28H,1-4H3. The van der Waals surface area contributed by atoms with Crippen molar-refractivity contribution in [2.24, 2.45) is 0 Å². The van der Waals surface area contributed by atoms with E-state index in [1.807, 2.05) is 48.5 Å². The van der Waals surface area contributed by atoms with E-state index in [1.54, 1.807) is 0 Å². The Kier molecular flexibility index (Phi) is 7.19. The Hall–Kier alpha value is -5.92. The first kappa shape index (κ1) is 29.5. The van der Waals surface area contributed by atoms with Crippen LogP contribution in [0.4, 0.5) is 0 Å². The Bertz CT molecular complexity index is 2480. The summed E-state index contributed by atoms with van der Waals surface area (Å²) in [6.45, 7) is 9.09. The molecule has 6 aromatic carbocycles. The maximum atomic E-state index is 10.2. The number of aromatic nitrogens is 2. The van der Waals surface area contributed by atoms with Gasteiger partial charge >= 0.3 is 0 Å². The van der Waals surface area contributed by atoms with E-state index >= 15 is 0 Å². The van der Waals surface area contributed by atoms with Crippen LogP contribution < -0.4 is 0 Å².